The van der Waals surface area contributed by atoms with Crippen LogP contribution in [0.5, 0.6) is 0 Å². The van der Waals surface area contributed by atoms with Gasteiger partial charge < -0.3 is 15.1 Å². The minimum absolute atomic E-state index is 0. The van der Waals surface area contributed by atoms with Crippen LogP contribution in [0.15, 0.2) is 10.6 Å². The monoisotopic (exact) mass is 287 g/mol. The maximum absolute atomic E-state index is 12.1. The van der Waals surface area contributed by atoms with Gasteiger partial charge in [-0.15, -0.1) is 12.4 Å². The zero-order chi connectivity index (χ0) is 13.0. The molecule has 1 fully saturated rings. The predicted octanol–water partition coefficient (Wildman–Crippen LogP) is 1.81. The van der Waals surface area contributed by atoms with Gasteiger partial charge in [-0.05, 0) is 32.7 Å². The molecule has 1 amide bonds. The summed E-state index contributed by atoms with van der Waals surface area (Å²) in [6.07, 6.45) is 5.64. The van der Waals surface area contributed by atoms with Crippen molar-refractivity contribution in [1.82, 2.24) is 15.6 Å². The number of nitrogens with zero attached hydrogens (tertiary/aromatic N) is 1. The van der Waals surface area contributed by atoms with Crippen LogP contribution in [0.3, 0.4) is 0 Å². The Morgan fingerprint density at radius 1 is 1.58 bits per heavy atom. The van der Waals surface area contributed by atoms with Crippen LogP contribution in [0.2, 0.25) is 0 Å². The second-order valence-corrected chi connectivity index (χ2v) is 4.97. The maximum Gasteiger partial charge on any atom is 0.240 e. The van der Waals surface area contributed by atoms with Gasteiger partial charge in [0.2, 0.25) is 11.8 Å². The van der Waals surface area contributed by atoms with E-state index in [-0.39, 0.29) is 18.3 Å². The third-order valence-corrected chi connectivity index (χ3v) is 3.47. The number of aryl methyl sites for hydroxylation is 1. The zero-order valence-corrected chi connectivity index (χ0v) is 12.3. The molecule has 1 aliphatic rings. The second-order valence-electron chi connectivity index (χ2n) is 4.97. The summed E-state index contributed by atoms with van der Waals surface area (Å²) in [5.41, 5.74) is -0.446. The highest BCUT2D eigenvalue weighted by molar-refractivity contribution is 5.86. The van der Waals surface area contributed by atoms with Crippen LogP contribution in [0, 0.1) is 0 Å². The topological polar surface area (TPSA) is 67.2 Å². The van der Waals surface area contributed by atoms with Crippen LogP contribution >= 0.6 is 12.4 Å². The van der Waals surface area contributed by atoms with Crippen molar-refractivity contribution in [2.75, 3.05) is 6.54 Å². The lowest BCUT2D eigenvalue weighted by atomic mass is 9.90. The predicted molar refractivity (Wildman–Crippen MR) is 75.2 cm³/mol. The van der Waals surface area contributed by atoms with Crippen molar-refractivity contribution < 1.29 is 9.21 Å². The summed E-state index contributed by atoms with van der Waals surface area (Å²) in [4.78, 5) is 16.3. The van der Waals surface area contributed by atoms with Crippen molar-refractivity contribution >= 4 is 18.3 Å². The quantitative estimate of drug-likeness (QED) is 0.886. The number of carbonyl (C=O) groups excluding carboxylic acids is 1. The van der Waals surface area contributed by atoms with Gasteiger partial charge in [-0.1, -0.05) is 6.92 Å². The summed E-state index contributed by atoms with van der Waals surface area (Å²) in [5.74, 6) is 1.44. The van der Waals surface area contributed by atoms with Crippen molar-refractivity contribution in [2.24, 2.45) is 0 Å². The van der Waals surface area contributed by atoms with Crippen LogP contribution in [0.4, 0.5) is 0 Å². The van der Waals surface area contributed by atoms with E-state index in [1.54, 1.807) is 6.20 Å². The van der Waals surface area contributed by atoms with E-state index >= 15 is 0 Å². The molecule has 108 valence electrons. The van der Waals surface area contributed by atoms with E-state index in [1.807, 2.05) is 13.8 Å². The van der Waals surface area contributed by atoms with Gasteiger partial charge in [-0.3, -0.25) is 4.79 Å². The number of amides is 1. The molecule has 0 aromatic carbocycles. The van der Waals surface area contributed by atoms with Gasteiger partial charge in [0.05, 0.1) is 18.3 Å². The first-order valence-corrected chi connectivity index (χ1v) is 6.61. The lowest BCUT2D eigenvalue weighted by Gasteiger charge is -2.33. The molecule has 0 aliphatic carbocycles. The van der Waals surface area contributed by atoms with Crippen molar-refractivity contribution in [1.29, 1.82) is 0 Å². The van der Waals surface area contributed by atoms with E-state index in [4.69, 9.17) is 4.42 Å². The molecule has 2 heterocycles. The largest absolute Gasteiger partial charge is 0.444 e. The first-order chi connectivity index (χ1) is 8.64. The maximum atomic E-state index is 12.1. The van der Waals surface area contributed by atoms with E-state index in [9.17, 15) is 4.79 Å². The van der Waals surface area contributed by atoms with Gasteiger partial charge in [-0.2, -0.15) is 0 Å². The third-order valence-electron chi connectivity index (χ3n) is 3.47. The molecule has 1 saturated heterocycles. The summed E-state index contributed by atoms with van der Waals surface area (Å²) in [5, 5.41) is 6.17. The Kier molecular flexibility index (Phi) is 5.82. The number of hydrogen-bond acceptors (Lipinski definition) is 4. The molecule has 6 heteroatoms. The van der Waals surface area contributed by atoms with Gasteiger partial charge in [0.15, 0.2) is 0 Å². The Hall–Kier alpha value is -1.07. The van der Waals surface area contributed by atoms with Crippen molar-refractivity contribution in [3.05, 3.63) is 17.8 Å². The van der Waals surface area contributed by atoms with Crippen molar-refractivity contribution in [2.45, 2.75) is 51.6 Å². The Labute approximate surface area is 120 Å². The number of rotatable bonds is 4. The third kappa shape index (κ3) is 3.94. The number of aromatic nitrogens is 1. The smallest absolute Gasteiger partial charge is 0.240 e. The van der Waals surface area contributed by atoms with E-state index in [0.717, 1.165) is 38.0 Å². The minimum atomic E-state index is -0.446. The van der Waals surface area contributed by atoms with E-state index in [2.05, 4.69) is 15.6 Å². The van der Waals surface area contributed by atoms with Gasteiger partial charge >= 0.3 is 0 Å². The lowest BCUT2D eigenvalue weighted by molar-refractivity contribution is -0.128. The SMILES string of the molecule is CCc1cnc(CNC(=O)C2(C)CCCCN2)o1.Cl. The molecule has 1 atom stereocenters. The van der Waals surface area contributed by atoms with Crippen LogP contribution in [0.1, 0.15) is 44.8 Å². The summed E-state index contributed by atoms with van der Waals surface area (Å²) in [6.45, 7) is 5.23. The standard InChI is InChI=1S/C13H21N3O2.ClH/c1-3-10-8-14-11(18-10)9-15-12(17)13(2)6-4-5-7-16-13;/h8,16H,3-7,9H2,1-2H3,(H,15,17);1H. The molecular weight excluding hydrogens is 266 g/mol. The molecule has 0 saturated carbocycles. The molecule has 0 bridgehead atoms. The minimum Gasteiger partial charge on any atom is -0.444 e. The highest BCUT2D eigenvalue weighted by Gasteiger charge is 2.34. The average Bonchev–Trinajstić information content (AvgIpc) is 2.84. The van der Waals surface area contributed by atoms with Crippen LogP contribution in [-0.4, -0.2) is 23.0 Å². The first kappa shape index (κ1) is 16.0. The Morgan fingerprint density at radius 2 is 2.37 bits per heavy atom. The van der Waals surface area contributed by atoms with E-state index < -0.39 is 5.54 Å². The molecule has 1 aromatic heterocycles. The Balaban J connectivity index is 0.00000180. The molecule has 0 spiro atoms. The summed E-state index contributed by atoms with van der Waals surface area (Å²) in [7, 11) is 0. The Bertz CT molecular complexity index is 414. The molecular formula is C13H22ClN3O2. The average molecular weight is 288 g/mol. The first-order valence-electron chi connectivity index (χ1n) is 6.61. The summed E-state index contributed by atoms with van der Waals surface area (Å²) < 4.78 is 5.46. The number of nitrogens with one attached hydrogen (secondary N) is 2. The van der Waals surface area contributed by atoms with Gasteiger partial charge in [0.1, 0.15) is 5.76 Å². The van der Waals surface area contributed by atoms with Crippen LogP contribution in [-0.2, 0) is 17.8 Å². The molecule has 1 aromatic rings. The molecule has 2 N–H and O–H groups in total. The molecule has 5 nitrogen and oxygen atoms in total. The zero-order valence-electron chi connectivity index (χ0n) is 11.5. The number of carbonyl (C=O) groups is 1. The molecule has 1 unspecified atom stereocenters. The number of oxazole rings is 1. The van der Waals surface area contributed by atoms with Gasteiger partial charge in [-0.25, -0.2) is 4.98 Å². The molecule has 19 heavy (non-hydrogen) atoms. The second kappa shape index (κ2) is 6.91. The lowest BCUT2D eigenvalue weighted by Crippen LogP contribution is -2.56. The Morgan fingerprint density at radius 3 is 2.95 bits per heavy atom. The van der Waals surface area contributed by atoms with Crippen LogP contribution < -0.4 is 10.6 Å². The molecule has 2 rings (SSSR count). The van der Waals surface area contributed by atoms with Crippen molar-refractivity contribution in [3.63, 3.8) is 0 Å². The molecule has 0 radical (unpaired) electrons. The number of halogens is 1. The van der Waals surface area contributed by atoms with Crippen LogP contribution in [0.25, 0.3) is 0 Å². The highest BCUT2D eigenvalue weighted by atomic mass is 35.5. The number of piperidine rings is 1. The number of hydrogen-bond donors (Lipinski definition) is 2. The van der Waals surface area contributed by atoms with Crippen molar-refractivity contribution in [3.8, 4) is 0 Å². The highest BCUT2D eigenvalue weighted by Crippen LogP contribution is 2.18. The fourth-order valence-electron chi connectivity index (χ4n) is 2.19. The van der Waals surface area contributed by atoms with Gasteiger partial charge in [0.25, 0.3) is 0 Å². The van der Waals surface area contributed by atoms with E-state index in [1.165, 1.54) is 0 Å². The fraction of sp³-hybridized carbons (Fsp3) is 0.692. The normalized spacial score (nSPS) is 22.6. The molecule has 1 aliphatic heterocycles. The summed E-state index contributed by atoms with van der Waals surface area (Å²) >= 11 is 0. The van der Waals surface area contributed by atoms with Gasteiger partial charge in [0, 0.05) is 6.42 Å². The fourth-order valence-corrected chi connectivity index (χ4v) is 2.19. The van der Waals surface area contributed by atoms with E-state index in [0.29, 0.717) is 12.4 Å². The summed E-state index contributed by atoms with van der Waals surface area (Å²) in [6, 6.07) is 0.